The summed E-state index contributed by atoms with van der Waals surface area (Å²) in [4.78, 5) is 2.57. The molecule has 0 spiro atoms. The largest absolute Gasteiger partial charge is 0.309 e. The third-order valence-corrected chi connectivity index (χ3v) is 4.50. The second-order valence-electron chi connectivity index (χ2n) is 6.12. The van der Waals surface area contributed by atoms with Crippen LogP contribution in [0.15, 0.2) is 30.3 Å². The fourth-order valence-electron chi connectivity index (χ4n) is 3.14. The first kappa shape index (κ1) is 18.2. The van der Waals surface area contributed by atoms with Gasteiger partial charge in [0.05, 0.1) is 0 Å². The SMILES string of the molecule is CCCNC(c1ccccc1)C(CC)N(C)C(C)CCC. The lowest BCUT2D eigenvalue weighted by atomic mass is 9.94. The summed E-state index contributed by atoms with van der Waals surface area (Å²) in [6.45, 7) is 10.2. The summed E-state index contributed by atoms with van der Waals surface area (Å²) in [5.41, 5.74) is 1.41. The number of hydrogen-bond acceptors (Lipinski definition) is 2. The summed E-state index contributed by atoms with van der Waals surface area (Å²) in [5.74, 6) is 0. The minimum Gasteiger partial charge on any atom is -0.309 e. The van der Waals surface area contributed by atoms with E-state index in [1.54, 1.807) is 0 Å². The Kier molecular flexibility index (Phi) is 8.63. The second kappa shape index (κ2) is 9.97. The molecule has 3 unspecified atom stereocenters. The molecule has 0 aromatic heterocycles. The van der Waals surface area contributed by atoms with Crippen molar-refractivity contribution in [1.82, 2.24) is 10.2 Å². The highest BCUT2D eigenvalue weighted by Gasteiger charge is 2.27. The first-order valence-electron chi connectivity index (χ1n) is 8.65. The number of benzene rings is 1. The predicted octanol–water partition coefficient (Wildman–Crippen LogP) is 4.63. The molecule has 120 valence electrons. The maximum Gasteiger partial charge on any atom is 0.0478 e. The van der Waals surface area contributed by atoms with Crippen molar-refractivity contribution < 1.29 is 0 Å². The van der Waals surface area contributed by atoms with Crippen LogP contribution in [0, 0.1) is 0 Å². The van der Waals surface area contributed by atoms with Crippen LogP contribution in [0.4, 0.5) is 0 Å². The van der Waals surface area contributed by atoms with Gasteiger partial charge in [-0.2, -0.15) is 0 Å². The van der Waals surface area contributed by atoms with Crippen LogP contribution in [-0.2, 0) is 0 Å². The Labute approximate surface area is 131 Å². The van der Waals surface area contributed by atoms with Crippen molar-refractivity contribution in [3.8, 4) is 0 Å². The summed E-state index contributed by atoms with van der Waals surface area (Å²) >= 11 is 0. The number of nitrogens with one attached hydrogen (secondary N) is 1. The van der Waals surface area contributed by atoms with E-state index in [1.807, 2.05) is 0 Å². The van der Waals surface area contributed by atoms with Gasteiger partial charge in [0.1, 0.15) is 0 Å². The molecule has 21 heavy (non-hydrogen) atoms. The van der Waals surface area contributed by atoms with Gasteiger partial charge in [0, 0.05) is 18.1 Å². The van der Waals surface area contributed by atoms with E-state index >= 15 is 0 Å². The molecule has 2 heteroatoms. The summed E-state index contributed by atoms with van der Waals surface area (Å²) in [6, 6.07) is 12.5. The molecule has 0 bridgehead atoms. The molecule has 0 saturated carbocycles. The van der Waals surface area contributed by atoms with Gasteiger partial charge in [0.25, 0.3) is 0 Å². The maximum absolute atomic E-state index is 3.77. The van der Waals surface area contributed by atoms with Crippen LogP contribution in [0.1, 0.15) is 65.0 Å². The van der Waals surface area contributed by atoms with E-state index in [4.69, 9.17) is 0 Å². The molecule has 0 amide bonds. The Bertz CT molecular complexity index is 363. The highest BCUT2D eigenvalue weighted by Crippen LogP contribution is 2.25. The Morgan fingerprint density at radius 2 is 1.71 bits per heavy atom. The lowest BCUT2D eigenvalue weighted by Gasteiger charge is -2.38. The summed E-state index contributed by atoms with van der Waals surface area (Å²) in [7, 11) is 2.29. The van der Waals surface area contributed by atoms with E-state index in [1.165, 1.54) is 31.2 Å². The molecular weight excluding hydrogens is 256 g/mol. The fourth-order valence-corrected chi connectivity index (χ4v) is 3.14. The second-order valence-corrected chi connectivity index (χ2v) is 6.12. The van der Waals surface area contributed by atoms with Gasteiger partial charge in [0.2, 0.25) is 0 Å². The highest BCUT2D eigenvalue weighted by molar-refractivity contribution is 5.20. The number of hydrogen-bond donors (Lipinski definition) is 1. The van der Waals surface area contributed by atoms with Crippen LogP contribution in [-0.4, -0.2) is 30.6 Å². The Morgan fingerprint density at radius 1 is 1.05 bits per heavy atom. The molecule has 0 radical (unpaired) electrons. The Morgan fingerprint density at radius 3 is 2.24 bits per heavy atom. The normalized spacial score (nSPS) is 15.9. The monoisotopic (exact) mass is 290 g/mol. The van der Waals surface area contributed by atoms with Crippen molar-refractivity contribution in [2.75, 3.05) is 13.6 Å². The highest BCUT2D eigenvalue weighted by atomic mass is 15.2. The Balaban J connectivity index is 2.92. The lowest BCUT2D eigenvalue weighted by molar-refractivity contribution is 0.135. The zero-order valence-electron chi connectivity index (χ0n) is 14.6. The minimum absolute atomic E-state index is 0.417. The first-order chi connectivity index (χ1) is 10.2. The van der Waals surface area contributed by atoms with E-state index in [-0.39, 0.29) is 0 Å². The van der Waals surface area contributed by atoms with Crippen LogP contribution >= 0.6 is 0 Å². The average Bonchev–Trinajstić information content (AvgIpc) is 2.52. The lowest BCUT2D eigenvalue weighted by Crippen LogP contribution is -2.46. The summed E-state index contributed by atoms with van der Waals surface area (Å²) in [5, 5.41) is 3.77. The molecule has 0 fully saturated rings. The zero-order valence-corrected chi connectivity index (χ0v) is 14.6. The van der Waals surface area contributed by atoms with Crippen molar-refractivity contribution >= 4 is 0 Å². The molecular formula is C19H34N2. The summed E-state index contributed by atoms with van der Waals surface area (Å²) < 4.78 is 0. The van der Waals surface area contributed by atoms with Gasteiger partial charge in [0.15, 0.2) is 0 Å². The first-order valence-corrected chi connectivity index (χ1v) is 8.65. The summed E-state index contributed by atoms with van der Waals surface area (Å²) in [6.07, 6.45) is 4.86. The topological polar surface area (TPSA) is 15.3 Å². The van der Waals surface area contributed by atoms with E-state index in [0.717, 1.165) is 6.54 Å². The van der Waals surface area contributed by atoms with Crippen LogP contribution in [0.2, 0.25) is 0 Å². The predicted molar refractivity (Wildman–Crippen MR) is 93.7 cm³/mol. The molecule has 0 aliphatic rings. The molecule has 1 aromatic rings. The van der Waals surface area contributed by atoms with E-state index in [0.29, 0.717) is 18.1 Å². The molecule has 0 aliphatic carbocycles. The van der Waals surface area contributed by atoms with Gasteiger partial charge in [-0.15, -0.1) is 0 Å². The molecule has 0 saturated heterocycles. The van der Waals surface area contributed by atoms with Crippen LogP contribution in [0.5, 0.6) is 0 Å². The van der Waals surface area contributed by atoms with Crippen molar-refractivity contribution in [2.45, 2.75) is 71.5 Å². The van der Waals surface area contributed by atoms with Crippen molar-refractivity contribution in [2.24, 2.45) is 0 Å². The number of nitrogens with zero attached hydrogens (tertiary/aromatic N) is 1. The van der Waals surface area contributed by atoms with E-state index < -0.39 is 0 Å². The van der Waals surface area contributed by atoms with Crippen LogP contribution in [0.25, 0.3) is 0 Å². The van der Waals surface area contributed by atoms with Gasteiger partial charge in [-0.1, -0.05) is 57.5 Å². The van der Waals surface area contributed by atoms with E-state index in [2.05, 4.69) is 75.3 Å². The van der Waals surface area contributed by atoms with Crippen LogP contribution in [0.3, 0.4) is 0 Å². The molecule has 1 aromatic carbocycles. The third kappa shape index (κ3) is 5.44. The quantitative estimate of drug-likeness (QED) is 0.676. The number of likely N-dealkylation sites (N-methyl/N-ethyl adjacent to an activating group) is 1. The standard InChI is InChI=1S/C19H34N2/c1-6-12-16(4)21(5)18(8-3)19(20-15-7-2)17-13-10-9-11-14-17/h9-11,13-14,16,18-20H,6-8,12,15H2,1-5H3. The molecule has 1 N–H and O–H groups in total. The van der Waals surface area contributed by atoms with Crippen LogP contribution < -0.4 is 5.32 Å². The van der Waals surface area contributed by atoms with Gasteiger partial charge < -0.3 is 5.32 Å². The Hall–Kier alpha value is -0.860. The third-order valence-electron chi connectivity index (χ3n) is 4.50. The van der Waals surface area contributed by atoms with Crippen molar-refractivity contribution in [3.63, 3.8) is 0 Å². The zero-order chi connectivity index (χ0) is 15.7. The smallest absolute Gasteiger partial charge is 0.0478 e. The molecule has 0 heterocycles. The van der Waals surface area contributed by atoms with Gasteiger partial charge in [-0.3, -0.25) is 4.90 Å². The van der Waals surface area contributed by atoms with Crippen molar-refractivity contribution in [3.05, 3.63) is 35.9 Å². The maximum atomic E-state index is 3.77. The molecule has 1 rings (SSSR count). The van der Waals surface area contributed by atoms with Gasteiger partial charge >= 0.3 is 0 Å². The number of rotatable bonds is 10. The van der Waals surface area contributed by atoms with Crippen molar-refractivity contribution in [1.29, 1.82) is 0 Å². The van der Waals surface area contributed by atoms with E-state index in [9.17, 15) is 0 Å². The van der Waals surface area contributed by atoms with Gasteiger partial charge in [-0.25, -0.2) is 0 Å². The fraction of sp³-hybridized carbons (Fsp3) is 0.684. The molecule has 2 nitrogen and oxygen atoms in total. The minimum atomic E-state index is 0.417. The molecule has 3 atom stereocenters. The average molecular weight is 290 g/mol. The van der Waals surface area contributed by atoms with Gasteiger partial charge in [-0.05, 0) is 45.3 Å². The molecule has 0 aliphatic heterocycles.